The second-order valence-corrected chi connectivity index (χ2v) is 12.2. The van der Waals surface area contributed by atoms with Crippen LogP contribution in [0, 0.1) is 30.1 Å². The van der Waals surface area contributed by atoms with E-state index in [1.54, 1.807) is 16.4 Å². The zero-order valence-electron chi connectivity index (χ0n) is 22.8. The maximum atomic E-state index is 13.5. The van der Waals surface area contributed by atoms with Crippen LogP contribution in [0.2, 0.25) is 0 Å². The summed E-state index contributed by atoms with van der Waals surface area (Å²) in [5.74, 6) is 0.693. The zero-order valence-corrected chi connectivity index (χ0v) is 24.4. The fourth-order valence-corrected chi connectivity index (χ4v) is 6.68. The van der Waals surface area contributed by atoms with Gasteiger partial charge in [-0.25, -0.2) is 0 Å². The molecule has 2 atom stereocenters. The number of carboxylic acids is 1. The first-order valence-corrected chi connectivity index (χ1v) is 14.7. The Kier molecular flexibility index (Phi) is 10.6. The Balaban J connectivity index is 2.04. The Morgan fingerprint density at radius 2 is 1.84 bits per heavy atom. The van der Waals surface area contributed by atoms with E-state index >= 15 is 0 Å². The maximum absolute atomic E-state index is 13.5. The number of carbonyl (C=O) groups is 2. The van der Waals surface area contributed by atoms with E-state index in [1.165, 1.54) is 11.8 Å². The summed E-state index contributed by atoms with van der Waals surface area (Å²) < 4.78 is 2.22. The lowest BCUT2D eigenvalue weighted by molar-refractivity contribution is -0.137. The number of anilines is 1. The second kappa shape index (κ2) is 13.4. The van der Waals surface area contributed by atoms with E-state index in [1.807, 2.05) is 6.08 Å². The molecule has 0 spiro atoms. The molecule has 10 heteroatoms. The van der Waals surface area contributed by atoms with E-state index in [0.717, 1.165) is 43.7 Å². The number of unbranched alkanes of at least 4 members (excludes halogenated alkanes) is 3. The van der Waals surface area contributed by atoms with Crippen LogP contribution in [0.15, 0.2) is 9.70 Å². The van der Waals surface area contributed by atoms with Crippen molar-refractivity contribution in [1.82, 2.24) is 9.47 Å². The number of carbonyl (C=O) groups excluding carboxylic acids is 1. The highest BCUT2D eigenvalue weighted by atomic mass is 32.2. The lowest BCUT2D eigenvalue weighted by atomic mass is 9.91. The predicted octanol–water partition coefficient (Wildman–Crippen LogP) is 5.16. The normalized spacial score (nSPS) is 20.9. The van der Waals surface area contributed by atoms with Crippen molar-refractivity contribution in [2.75, 3.05) is 24.5 Å². The number of aliphatic carboxylic acids is 1. The van der Waals surface area contributed by atoms with Crippen LogP contribution in [0.1, 0.15) is 82.4 Å². The second-order valence-electron chi connectivity index (χ2n) is 10.5. The highest BCUT2D eigenvalue weighted by Crippen LogP contribution is 2.37. The highest BCUT2D eigenvalue weighted by Gasteiger charge is 2.34. The lowest BCUT2D eigenvalue weighted by Gasteiger charge is -2.39. The van der Waals surface area contributed by atoms with Crippen LogP contribution in [-0.2, 0) is 16.1 Å². The number of hydrogen-bond acceptors (Lipinski definition) is 7. The van der Waals surface area contributed by atoms with Crippen molar-refractivity contribution in [1.29, 1.82) is 5.26 Å². The number of hydrogen-bond donors (Lipinski definition) is 1. The van der Waals surface area contributed by atoms with Crippen molar-refractivity contribution in [2.45, 2.75) is 79.2 Å². The number of carboxylic acid groups (broad SMARTS) is 1. The summed E-state index contributed by atoms with van der Waals surface area (Å²) in [7, 11) is 0. The Morgan fingerprint density at radius 3 is 2.45 bits per heavy atom. The number of nitrogens with zero attached hydrogens (tertiary/aromatic N) is 4. The fourth-order valence-electron chi connectivity index (χ4n) is 5.39. The maximum Gasteiger partial charge on any atom is 0.303 e. The van der Waals surface area contributed by atoms with E-state index in [9.17, 15) is 19.6 Å². The largest absolute Gasteiger partial charge is 0.481 e. The molecule has 1 N–H and O–H groups in total. The van der Waals surface area contributed by atoms with Gasteiger partial charge in [0, 0.05) is 38.2 Å². The molecule has 2 aliphatic rings. The van der Waals surface area contributed by atoms with Gasteiger partial charge in [0.25, 0.3) is 11.5 Å². The third-order valence-electron chi connectivity index (χ3n) is 7.17. The van der Waals surface area contributed by atoms with E-state index < -0.39 is 5.97 Å². The van der Waals surface area contributed by atoms with Crippen molar-refractivity contribution in [3.8, 4) is 6.07 Å². The fraction of sp³-hybridized carbons (Fsp3) is 0.607. The number of pyridine rings is 1. The zero-order chi connectivity index (χ0) is 28.0. The van der Waals surface area contributed by atoms with Gasteiger partial charge in [-0.1, -0.05) is 57.6 Å². The molecule has 8 nitrogen and oxygen atoms in total. The quantitative estimate of drug-likeness (QED) is 0.226. The first-order chi connectivity index (χ1) is 18.1. The van der Waals surface area contributed by atoms with Crippen molar-refractivity contribution in [3.05, 3.63) is 31.9 Å². The molecule has 2 fully saturated rings. The molecule has 0 bridgehead atoms. The van der Waals surface area contributed by atoms with Gasteiger partial charge in [-0.2, -0.15) is 5.26 Å². The number of nitriles is 1. The molecule has 2 aliphatic heterocycles. The van der Waals surface area contributed by atoms with Crippen molar-refractivity contribution in [3.63, 3.8) is 0 Å². The Hall–Kier alpha value is -2.64. The molecule has 0 aromatic carbocycles. The van der Waals surface area contributed by atoms with Crippen molar-refractivity contribution in [2.24, 2.45) is 11.8 Å². The Labute approximate surface area is 234 Å². The molecule has 3 heterocycles. The first kappa shape index (κ1) is 29.9. The standard InChI is InChI=1S/C28H38N4O4S2/c1-5-6-11-31-25(30-16-18(2)13-19(3)17-30)21(20(4)22(15-29)26(31)35)14-23-27(36)32(28(37)38-23)12-9-7-8-10-24(33)34/h14,18-19H,5-13,16-17H2,1-4H3,(H,33,34)/b23-14+. The lowest BCUT2D eigenvalue weighted by Crippen LogP contribution is -2.43. The molecule has 1 aromatic rings. The minimum atomic E-state index is -0.820. The Morgan fingerprint density at radius 1 is 1.16 bits per heavy atom. The van der Waals surface area contributed by atoms with Gasteiger partial charge in [-0.3, -0.25) is 23.9 Å². The topological polar surface area (TPSA) is 107 Å². The van der Waals surface area contributed by atoms with Gasteiger partial charge >= 0.3 is 5.97 Å². The number of thiocarbonyl (C=S) groups is 1. The third-order valence-corrected chi connectivity index (χ3v) is 8.55. The molecule has 0 aliphatic carbocycles. The molecular weight excluding hydrogens is 520 g/mol. The van der Waals surface area contributed by atoms with E-state index in [0.29, 0.717) is 59.0 Å². The molecule has 206 valence electrons. The Bertz CT molecular complexity index is 1210. The van der Waals surface area contributed by atoms with Crippen LogP contribution in [0.25, 0.3) is 6.08 Å². The minimum Gasteiger partial charge on any atom is -0.481 e. The summed E-state index contributed by atoms with van der Waals surface area (Å²) in [6.45, 7) is 10.9. The molecule has 38 heavy (non-hydrogen) atoms. The summed E-state index contributed by atoms with van der Waals surface area (Å²) in [6.07, 6.45) is 6.70. The smallest absolute Gasteiger partial charge is 0.303 e. The third kappa shape index (κ3) is 6.86. The molecule has 0 radical (unpaired) electrons. The number of amides is 1. The first-order valence-electron chi connectivity index (χ1n) is 13.5. The summed E-state index contributed by atoms with van der Waals surface area (Å²) in [6, 6.07) is 2.12. The minimum absolute atomic E-state index is 0.114. The van der Waals surface area contributed by atoms with Gasteiger partial charge in [-0.15, -0.1) is 0 Å². The summed E-state index contributed by atoms with van der Waals surface area (Å²) in [5, 5.41) is 18.7. The average Bonchev–Trinajstić information content (AvgIpc) is 3.11. The van der Waals surface area contributed by atoms with Gasteiger partial charge in [-0.05, 0) is 56.1 Å². The summed E-state index contributed by atoms with van der Waals surface area (Å²) >= 11 is 6.76. The van der Waals surface area contributed by atoms with Crippen LogP contribution < -0.4 is 10.5 Å². The highest BCUT2D eigenvalue weighted by molar-refractivity contribution is 8.26. The average molecular weight is 559 g/mol. The summed E-state index contributed by atoms with van der Waals surface area (Å²) in [5.41, 5.74) is 1.17. The molecule has 3 rings (SSSR count). The van der Waals surface area contributed by atoms with Crippen LogP contribution in [0.4, 0.5) is 5.82 Å². The molecular formula is C28H38N4O4S2. The van der Waals surface area contributed by atoms with E-state index in [-0.39, 0.29) is 23.5 Å². The van der Waals surface area contributed by atoms with Crippen LogP contribution in [-0.4, -0.2) is 50.4 Å². The van der Waals surface area contributed by atoms with Gasteiger partial charge in [0.1, 0.15) is 21.8 Å². The van der Waals surface area contributed by atoms with Gasteiger partial charge in [0.05, 0.1) is 4.91 Å². The van der Waals surface area contributed by atoms with Gasteiger partial charge in [0.2, 0.25) is 0 Å². The van der Waals surface area contributed by atoms with E-state index in [2.05, 4.69) is 31.7 Å². The van der Waals surface area contributed by atoms with Gasteiger partial charge < -0.3 is 10.0 Å². The summed E-state index contributed by atoms with van der Waals surface area (Å²) in [4.78, 5) is 41.9. The van der Waals surface area contributed by atoms with Crippen LogP contribution in [0.3, 0.4) is 0 Å². The van der Waals surface area contributed by atoms with E-state index in [4.69, 9.17) is 17.3 Å². The molecule has 0 saturated carbocycles. The number of piperidine rings is 1. The predicted molar refractivity (Wildman–Crippen MR) is 156 cm³/mol. The molecule has 1 aromatic heterocycles. The number of aromatic nitrogens is 1. The number of thioether (sulfide) groups is 1. The SMILES string of the molecule is CCCCn1c(N2CC(C)CC(C)C2)c(/C=C2/SC(=S)N(CCCCCC(=O)O)C2=O)c(C)c(C#N)c1=O. The van der Waals surface area contributed by atoms with Crippen molar-refractivity contribution >= 4 is 52.1 Å². The van der Waals surface area contributed by atoms with Crippen LogP contribution >= 0.6 is 24.0 Å². The van der Waals surface area contributed by atoms with Gasteiger partial charge in [0.15, 0.2) is 0 Å². The molecule has 2 unspecified atom stereocenters. The molecule has 1 amide bonds. The number of rotatable bonds is 11. The van der Waals surface area contributed by atoms with Crippen LogP contribution in [0.5, 0.6) is 0 Å². The van der Waals surface area contributed by atoms with Crippen molar-refractivity contribution < 1.29 is 14.7 Å². The molecule has 2 saturated heterocycles. The monoisotopic (exact) mass is 558 g/mol.